The van der Waals surface area contributed by atoms with E-state index in [-0.39, 0.29) is 11.9 Å². The molecular weight excluding hydrogens is 296 g/mol. The van der Waals surface area contributed by atoms with Crippen LogP contribution in [0.1, 0.15) is 19.8 Å². The van der Waals surface area contributed by atoms with Gasteiger partial charge in [-0.15, -0.1) is 0 Å². The van der Waals surface area contributed by atoms with E-state index < -0.39 is 6.10 Å². The minimum atomic E-state index is -0.594. The standard InChI is InChI=1S/C14H17ClN2O2S/c1-9(19-11-5-2-4-10(15)8-11)14(18)17-7-3-6-12(17)13(16)20/h2,4-5,8-9,12H,3,6-7H2,1H3,(H2,16,20). The summed E-state index contributed by atoms with van der Waals surface area (Å²) in [6, 6.07) is 6.83. The van der Waals surface area contributed by atoms with Crippen LogP contribution in [0.15, 0.2) is 24.3 Å². The number of hydrogen-bond donors (Lipinski definition) is 1. The fourth-order valence-electron chi connectivity index (χ4n) is 2.35. The highest BCUT2D eigenvalue weighted by Crippen LogP contribution is 2.22. The number of rotatable bonds is 4. The van der Waals surface area contributed by atoms with Gasteiger partial charge < -0.3 is 15.4 Å². The van der Waals surface area contributed by atoms with Gasteiger partial charge >= 0.3 is 0 Å². The molecule has 2 atom stereocenters. The monoisotopic (exact) mass is 312 g/mol. The van der Waals surface area contributed by atoms with Crippen LogP contribution in [0.5, 0.6) is 5.75 Å². The van der Waals surface area contributed by atoms with Crippen molar-refractivity contribution >= 4 is 34.7 Å². The molecule has 4 nitrogen and oxygen atoms in total. The third-order valence-electron chi connectivity index (χ3n) is 3.32. The van der Waals surface area contributed by atoms with Gasteiger partial charge in [0.1, 0.15) is 5.75 Å². The normalized spacial score (nSPS) is 19.7. The van der Waals surface area contributed by atoms with E-state index in [9.17, 15) is 4.79 Å². The topological polar surface area (TPSA) is 55.6 Å². The molecule has 0 spiro atoms. The van der Waals surface area contributed by atoms with E-state index in [2.05, 4.69) is 0 Å². The zero-order chi connectivity index (χ0) is 14.7. The van der Waals surface area contributed by atoms with Crippen LogP contribution < -0.4 is 10.5 Å². The van der Waals surface area contributed by atoms with E-state index >= 15 is 0 Å². The second kappa shape index (κ2) is 6.41. The minimum Gasteiger partial charge on any atom is -0.481 e. The van der Waals surface area contributed by atoms with Crippen molar-refractivity contribution in [2.75, 3.05) is 6.54 Å². The Morgan fingerprint density at radius 2 is 2.35 bits per heavy atom. The smallest absolute Gasteiger partial charge is 0.263 e. The minimum absolute atomic E-state index is 0.0970. The molecule has 1 heterocycles. The Bertz CT molecular complexity index is 524. The van der Waals surface area contributed by atoms with Crippen LogP contribution in [0.2, 0.25) is 5.02 Å². The molecule has 108 valence electrons. The first-order valence-corrected chi connectivity index (χ1v) is 7.29. The first-order valence-electron chi connectivity index (χ1n) is 6.51. The molecule has 1 aromatic carbocycles. The summed E-state index contributed by atoms with van der Waals surface area (Å²) in [4.78, 5) is 14.5. The molecule has 0 radical (unpaired) electrons. The number of hydrogen-bond acceptors (Lipinski definition) is 3. The number of carbonyl (C=O) groups excluding carboxylic acids is 1. The van der Waals surface area contributed by atoms with E-state index in [1.807, 2.05) is 0 Å². The Morgan fingerprint density at radius 3 is 3.00 bits per heavy atom. The highest BCUT2D eigenvalue weighted by Gasteiger charge is 2.33. The van der Waals surface area contributed by atoms with E-state index in [0.29, 0.717) is 22.3 Å². The average molecular weight is 313 g/mol. The van der Waals surface area contributed by atoms with Gasteiger partial charge in [0.05, 0.1) is 11.0 Å². The second-order valence-electron chi connectivity index (χ2n) is 4.81. The summed E-state index contributed by atoms with van der Waals surface area (Å²) in [5.41, 5.74) is 5.68. The molecule has 0 saturated carbocycles. The number of thiocarbonyl (C=S) groups is 1. The van der Waals surface area contributed by atoms with Crippen molar-refractivity contribution in [3.8, 4) is 5.75 Å². The molecule has 1 fully saturated rings. The van der Waals surface area contributed by atoms with Gasteiger partial charge in [0, 0.05) is 11.6 Å². The van der Waals surface area contributed by atoms with Crippen molar-refractivity contribution in [2.45, 2.75) is 31.9 Å². The predicted octanol–water partition coefficient (Wildman–Crippen LogP) is 2.38. The summed E-state index contributed by atoms with van der Waals surface area (Å²) in [7, 11) is 0. The van der Waals surface area contributed by atoms with Crippen LogP contribution in [0.4, 0.5) is 0 Å². The van der Waals surface area contributed by atoms with Gasteiger partial charge in [-0.3, -0.25) is 4.79 Å². The number of carbonyl (C=O) groups is 1. The first kappa shape index (κ1) is 15.1. The second-order valence-corrected chi connectivity index (χ2v) is 5.72. The van der Waals surface area contributed by atoms with Crippen molar-refractivity contribution in [2.24, 2.45) is 5.73 Å². The lowest BCUT2D eigenvalue weighted by molar-refractivity contribution is -0.137. The zero-order valence-electron chi connectivity index (χ0n) is 11.2. The molecule has 2 N–H and O–H groups in total. The highest BCUT2D eigenvalue weighted by molar-refractivity contribution is 7.80. The molecule has 1 aliphatic heterocycles. The molecule has 6 heteroatoms. The zero-order valence-corrected chi connectivity index (χ0v) is 12.8. The van der Waals surface area contributed by atoms with Crippen molar-refractivity contribution in [1.29, 1.82) is 0 Å². The lowest BCUT2D eigenvalue weighted by atomic mass is 10.2. The molecule has 2 rings (SSSR count). The quantitative estimate of drug-likeness (QED) is 0.867. The van der Waals surface area contributed by atoms with Crippen molar-refractivity contribution in [3.05, 3.63) is 29.3 Å². The number of nitrogens with two attached hydrogens (primary N) is 1. The van der Waals surface area contributed by atoms with E-state index in [1.54, 1.807) is 36.1 Å². The number of ether oxygens (including phenoxy) is 1. The van der Waals surface area contributed by atoms with Crippen molar-refractivity contribution in [1.82, 2.24) is 4.90 Å². The van der Waals surface area contributed by atoms with Crippen molar-refractivity contribution < 1.29 is 9.53 Å². The molecule has 20 heavy (non-hydrogen) atoms. The van der Waals surface area contributed by atoms with E-state index in [0.717, 1.165) is 12.8 Å². The third-order valence-corrected chi connectivity index (χ3v) is 3.83. The van der Waals surface area contributed by atoms with Crippen LogP contribution in [-0.4, -0.2) is 34.5 Å². The maximum Gasteiger partial charge on any atom is 0.263 e. The molecule has 0 aromatic heterocycles. The van der Waals surface area contributed by atoms with Gasteiger partial charge in [0.2, 0.25) is 0 Å². The van der Waals surface area contributed by atoms with Gasteiger partial charge in [0.25, 0.3) is 5.91 Å². The maximum absolute atomic E-state index is 12.4. The summed E-state index contributed by atoms with van der Waals surface area (Å²) >= 11 is 10.9. The summed E-state index contributed by atoms with van der Waals surface area (Å²) in [6.45, 7) is 2.39. The Morgan fingerprint density at radius 1 is 1.60 bits per heavy atom. The lowest BCUT2D eigenvalue weighted by Crippen LogP contribution is -2.47. The number of nitrogens with zero attached hydrogens (tertiary/aromatic N) is 1. The van der Waals surface area contributed by atoms with Crippen LogP contribution in [0.3, 0.4) is 0 Å². The summed E-state index contributed by atoms with van der Waals surface area (Å²) in [5, 5.41) is 0.573. The van der Waals surface area contributed by atoms with Gasteiger partial charge in [-0.05, 0) is 38.0 Å². The lowest BCUT2D eigenvalue weighted by Gasteiger charge is -2.27. The Balaban J connectivity index is 2.03. The fourth-order valence-corrected chi connectivity index (χ4v) is 2.78. The number of benzene rings is 1. The number of amides is 1. The Hall–Kier alpha value is -1.33. The molecule has 2 unspecified atom stereocenters. The van der Waals surface area contributed by atoms with Crippen LogP contribution >= 0.6 is 23.8 Å². The fraction of sp³-hybridized carbons (Fsp3) is 0.429. The summed E-state index contributed by atoms with van der Waals surface area (Å²) in [5.74, 6) is 0.477. The van der Waals surface area contributed by atoms with Crippen LogP contribution in [0, 0.1) is 0 Å². The Kier molecular flexibility index (Phi) is 4.83. The molecule has 1 aliphatic rings. The third kappa shape index (κ3) is 3.41. The van der Waals surface area contributed by atoms with Gasteiger partial charge in [-0.1, -0.05) is 29.9 Å². The molecule has 0 bridgehead atoms. The first-order chi connectivity index (χ1) is 9.49. The summed E-state index contributed by atoms with van der Waals surface area (Å²) in [6.07, 6.45) is 1.14. The van der Waals surface area contributed by atoms with E-state index in [4.69, 9.17) is 34.3 Å². The number of halogens is 1. The maximum atomic E-state index is 12.4. The van der Waals surface area contributed by atoms with Crippen LogP contribution in [-0.2, 0) is 4.79 Å². The van der Waals surface area contributed by atoms with Gasteiger partial charge in [-0.25, -0.2) is 0 Å². The largest absolute Gasteiger partial charge is 0.481 e. The average Bonchev–Trinajstić information content (AvgIpc) is 2.87. The molecule has 1 aromatic rings. The highest BCUT2D eigenvalue weighted by atomic mass is 35.5. The number of likely N-dealkylation sites (tertiary alicyclic amines) is 1. The van der Waals surface area contributed by atoms with Gasteiger partial charge in [-0.2, -0.15) is 0 Å². The van der Waals surface area contributed by atoms with E-state index in [1.165, 1.54) is 0 Å². The molecule has 0 aliphatic carbocycles. The van der Waals surface area contributed by atoms with Crippen LogP contribution in [0.25, 0.3) is 0 Å². The molecular formula is C14H17ClN2O2S. The molecule has 1 saturated heterocycles. The molecule has 1 amide bonds. The SMILES string of the molecule is CC(Oc1cccc(Cl)c1)C(=O)N1CCCC1C(N)=S. The predicted molar refractivity (Wildman–Crippen MR) is 83.1 cm³/mol. The Labute approximate surface area is 128 Å². The summed E-state index contributed by atoms with van der Waals surface area (Å²) < 4.78 is 5.64. The van der Waals surface area contributed by atoms with Gasteiger partial charge in [0.15, 0.2) is 6.10 Å². The van der Waals surface area contributed by atoms with Crippen molar-refractivity contribution in [3.63, 3.8) is 0 Å².